The van der Waals surface area contributed by atoms with Crippen LogP contribution in [0.5, 0.6) is 0 Å². The maximum absolute atomic E-state index is 5.89. The summed E-state index contributed by atoms with van der Waals surface area (Å²) < 4.78 is 11.8. The fourth-order valence-corrected chi connectivity index (χ4v) is 2.24. The van der Waals surface area contributed by atoms with Crippen LogP contribution in [-0.4, -0.2) is 19.5 Å². The van der Waals surface area contributed by atoms with Gasteiger partial charge in [0, 0.05) is 19.1 Å². The minimum absolute atomic E-state index is 0.00708. The Labute approximate surface area is 127 Å². The third-order valence-corrected chi connectivity index (χ3v) is 3.60. The molecule has 0 heterocycles. The summed E-state index contributed by atoms with van der Waals surface area (Å²) in [4.78, 5) is 0. The Morgan fingerprint density at radius 3 is 1.35 bits per heavy atom. The molecule has 0 rings (SSSR count). The van der Waals surface area contributed by atoms with Crippen LogP contribution in [0.3, 0.4) is 0 Å². The molecule has 0 fully saturated rings. The van der Waals surface area contributed by atoms with Crippen molar-refractivity contribution in [1.29, 1.82) is 0 Å². The van der Waals surface area contributed by atoms with E-state index in [4.69, 9.17) is 9.47 Å². The van der Waals surface area contributed by atoms with E-state index in [0.717, 1.165) is 13.2 Å². The number of unbranched alkanes of at least 4 members (excludes halogenated alkanes) is 8. The van der Waals surface area contributed by atoms with E-state index in [0.29, 0.717) is 5.92 Å². The molecule has 0 aliphatic heterocycles. The normalized spacial score (nSPS) is 11.7. The number of hydrogen-bond acceptors (Lipinski definition) is 2. The quantitative estimate of drug-likeness (QED) is 0.274. The summed E-state index contributed by atoms with van der Waals surface area (Å²) in [6.45, 7) is 10.6. The molecule has 0 N–H and O–H groups in total. The standard InChI is InChI=1S/C18H38O2/c1-5-7-9-11-13-15-19-18(17(3)4)20-16-14-12-10-8-6-2/h17-18H,5-16H2,1-4H3. The lowest BCUT2D eigenvalue weighted by atomic mass is 10.1. The number of ether oxygens (including phenoxy) is 2. The van der Waals surface area contributed by atoms with Crippen LogP contribution in [0.4, 0.5) is 0 Å². The van der Waals surface area contributed by atoms with Gasteiger partial charge in [-0.2, -0.15) is 0 Å². The Balaban J connectivity index is 3.51. The Kier molecular flexibility index (Phi) is 15.3. The lowest BCUT2D eigenvalue weighted by Crippen LogP contribution is -2.24. The molecular weight excluding hydrogens is 248 g/mol. The van der Waals surface area contributed by atoms with Crippen molar-refractivity contribution in [2.24, 2.45) is 5.92 Å². The van der Waals surface area contributed by atoms with Gasteiger partial charge >= 0.3 is 0 Å². The first-order valence-corrected chi connectivity index (χ1v) is 8.95. The SMILES string of the molecule is CCCCCCCOC(OCCCCCCC)C(C)C. The zero-order valence-corrected chi connectivity index (χ0v) is 14.5. The highest BCUT2D eigenvalue weighted by Gasteiger charge is 2.13. The first-order valence-electron chi connectivity index (χ1n) is 8.95. The molecule has 2 nitrogen and oxygen atoms in total. The summed E-state index contributed by atoms with van der Waals surface area (Å²) in [5.41, 5.74) is 0. The average molecular weight is 286 g/mol. The first-order chi connectivity index (χ1) is 9.72. The van der Waals surface area contributed by atoms with Gasteiger partial charge < -0.3 is 9.47 Å². The number of hydrogen-bond donors (Lipinski definition) is 0. The van der Waals surface area contributed by atoms with E-state index in [-0.39, 0.29) is 6.29 Å². The summed E-state index contributed by atoms with van der Waals surface area (Å²) in [6, 6.07) is 0. The lowest BCUT2D eigenvalue weighted by molar-refractivity contribution is -0.167. The molecule has 0 saturated heterocycles. The van der Waals surface area contributed by atoms with Gasteiger partial charge in [0.2, 0.25) is 0 Å². The van der Waals surface area contributed by atoms with Crippen molar-refractivity contribution in [1.82, 2.24) is 0 Å². The third kappa shape index (κ3) is 12.9. The van der Waals surface area contributed by atoms with Crippen LogP contribution in [0.15, 0.2) is 0 Å². The molecule has 0 radical (unpaired) electrons. The third-order valence-electron chi connectivity index (χ3n) is 3.60. The van der Waals surface area contributed by atoms with E-state index in [1.807, 2.05) is 0 Å². The molecule has 2 heteroatoms. The van der Waals surface area contributed by atoms with Crippen molar-refractivity contribution < 1.29 is 9.47 Å². The summed E-state index contributed by atoms with van der Waals surface area (Å²) >= 11 is 0. The molecule has 0 spiro atoms. The van der Waals surface area contributed by atoms with Gasteiger partial charge in [-0.05, 0) is 12.8 Å². The first kappa shape index (κ1) is 19.9. The Bertz CT molecular complexity index is 164. The summed E-state index contributed by atoms with van der Waals surface area (Å²) in [5.74, 6) is 0.446. The van der Waals surface area contributed by atoms with Crippen molar-refractivity contribution >= 4 is 0 Å². The van der Waals surface area contributed by atoms with Crippen LogP contribution < -0.4 is 0 Å². The zero-order valence-electron chi connectivity index (χ0n) is 14.5. The molecule has 0 bridgehead atoms. The number of rotatable bonds is 15. The van der Waals surface area contributed by atoms with Crippen LogP contribution in [0.2, 0.25) is 0 Å². The molecule has 0 amide bonds. The van der Waals surface area contributed by atoms with E-state index in [2.05, 4.69) is 27.7 Å². The van der Waals surface area contributed by atoms with E-state index in [1.165, 1.54) is 64.2 Å². The summed E-state index contributed by atoms with van der Waals surface area (Å²) in [7, 11) is 0. The molecule has 20 heavy (non-hydrogen) atoms. The van der Waals surface area contributed by atoms with Crippen LogP contribution in [0, 0.1) is 5.92 Å². The average Bonchev–Trinajstić information content (AvgIpc) is 2.43. The van der Waals surface area contributed by atoms with Crippen LogP contribution in [0.25, 0.3) is 0 Å². The highest BCUT2D eigenvalue weighted by molar-refractivity contribution is 4.52. The fourth-order valence-electron chi connectivity index (χ4n) is 2.24. The minimum Gasteiger partial charge on any atom is -0.352 e. The van der Waals surface area contributed by atoms with Crippen molar-refractivity contribution in [3.8, 4) is 0 Å². The van der Waals surface area contributed by atoms with Gasteiger partial charge in [-0.1, -0.05) is 79.1 Å². The Morgan fingerprint density at radius 1 is 0.600 bits per heavy atom. The van der Waals surface area contributed by atoms with E-state index in [1.54, 1.807) is 0 Å². The van der Waals surface area contributed by atoms with Crippen molar-refractivity contribution in [3.63, 3.8) is 0 Å². The smallest absolute Gasteiger partial charge is 0.159 e. The van der Waals surface area contributed by atoms with Gasteiger partial charge in [-0.3, -0.25) is 0 Å². The molecule has 0 aromatic heterocycles. The molecule has 0 saturated carbocycles. The van der Waals surface area contributed by atoms with Crippen molar-refractivity contribution in [3.05, 3.63) is 0 Å². The van der Waals surface area contributed by atoms with Crippen molar-refractivity contribution in [2.75, 3.05) is 13.2 Å². The highest BCUT2D eigenvalue weighted by atomic mass is 16.7. The van der Waals surface area contributed by atoms with E-state index < -0.39 is 0 Å². The maximum atomic E-state index is 5.89. The zero-order chi connectivity index (χ0) is 15.1. The molecule has 0 aromatic rings. The van der Waals surface area contributed by atoms with E-state index in [9.17, 15) is 0 Å². The lowest BCUT2D eigenvalue weighted by Gasteiger charge is -2.22. The summed E-state index contributed by atoms with van der Waals surface area (Å²) in [5, 5.41) is 0. The molecule has 0 atom stereocenters. The topological polar surface area (TPSA) is 18.5 Å². The predicted molar refractivity (Wildman–Crippen MR) is 88.0 cm³/mol. The largest absolute Gasteiger partial charge is 0.352 e. The molecule has 0 aromatic carbocycles. The van der Waals surface area contributed by atoms with Gasteiger partial charge in [0.1, 0.15) is 0 Å². The van der Waals surface area contributed by atoms with Gasteiger partial charge in [-0.25, -0.2) is 0 Å². The monoisotopic (exact) mass is 286 g/mol. The minimum atomic E-state index is -0.00708. The summed E-state index contributed by atoms with van der Waals surface area (Å²) in [6.07, 6.45) is 12.9. The van der Waals surface area contributed by atoms with Crippen LogP contribution in [0.1, 0.15) is 91.9 Å². The highest BCUT2D eigenvalue weighted by Crippen LogP contribution is 2.12. The van der Waals surface area contributed by atoms with E-state index >= 15 is 0 Å². The molecule has 0 unspecified atom stereocenters. The second kappa shape index (κ2) is 15.3. The van der Waals surface area contributed by atoms with Crippen LogP contribution in [-0.2, 0) is 9.47 Å². The Hall–Kier alpha value is -0.0800. The van der Waals surface area contributed by atoms with Gasteiger partial charge in [-0.15, -0.1) is 0 Å². The fraction of sp³-hybridized carbons (Fsp3) is 1.00. The van der Waals surface area contributed by atoms with Gasteiger partial charge in [0.05, 0.1) is 0 Å². The molecule has 0 aliphatic carbocycles. The Morgan fingerprint density at radius 2 is 1.00 bits per heavy atom. The predicted octanol–water partition coefficient (Wildman–Crippen LogP) is 5.94. The second-order valence-electron chi connectivity index (χ2n) is 6.18. The second-order valence-corrected chi connectivity index (χ2v) is 6.18. The molecule has 0 aliphatic rings. The van der Waals surface area contributed by atoms with Crippen molar-refractivity contribution in [2.45, 2.75) is 98.2 Å². The maximum Gasteiger partial charge on any atom is 0.159 e. The van der Waals surface area contributed by atoms with Gasteiger partial charge in [0.15, 0.2) is 6.29 Å². The molecule has 122 valence electrons. The molecular formula is C18H38O2. The van der Waals surface area contributed by atoms with Crippen LogP contribution >= 0.6 is 0 Å². The van der Waals surface area contributed by atoms with Gasteiger partial charge in [0.25, 0.3) is 0 Å².